The van der Waals surface area contributed by atoms with Crippen LogP contribution in [0.5, 0.6) is 0 Å². The van der Waals surface area contributed by atoms with Gasteiger partial charge in [-0.3, -0.25) is 9.59 Å². The Hall–Kier alpha value is -1.76. The van der Waals surface area contributed by atoms with Crippen LogP contribution in [0.4, 0.5) is 0 Å². The molecule has 0 radical (unpaired) electrons. The van der Waals surface area contributed by atoms with E-state index in [0.717, 1.165) is 29.5 Å². The third kappa shape index (κ3) is 2.57. The van der Waals surface area contributed by atoms with E-state index in [9.17, 15) is 9.59 Å². The molecule has 0 fully saturated rings. The molecule has 21 heavy (non-hydrogen) atoms. The van der Waals surface area contributed by atoms with Gasteiger partial charge in [0.25, 0.3) is 5.56 Å². The van der Waals surface area contributed by atoms with Gasteiger partial charge >= 0.3 is 5.97 Å². The number of rotatable bonds is 3. The zero-order chi connectivity index (χ0) is 15.0. The smallest absolute Gasteiger partial charge is 0.327 e. The summed E-state index contributed by atoms with van der Waals surface area (Å²) in [4.78, 5) is 26.0. The number of ether oxygens (including phenoxy) is 1. The molecule has 1 aliphatic rings. The zero-order valence-electron chi connectivity index (χ0n) is 12.1. The molecule has 7 heteroatoms. The number of hydrogen-bond donors (Lipinski definition) is 0. The molecule has 0 bridgehead atoms. The maximum Gasteiger partial charge on any atom is 0.327 e. The molecule has 0 amide bonds. The maximum absolute atomic E-state index is 12.5. The molecule has 0 unspecified atom stereocenters. The third-order valence-corrected chi connectivity index (χ3v) is 4.91. The average molecular weight is 307 g/mol. The van der Waals surface area contributed by atoms with Crippen LogP contribution in [0.15, 0.2) is 4.79 Å². The molecule has 0 aliphatic heterocycles. The van der Waals surface area contributed by atoms with E-state index < -0.39 is 5.97 Å². The number of hydrogen-bond acceptors (Lipinski definition) is 6. The Labute approximate surface area is 125 Å². The summed E-state index contributed by atoms with van der Waals surface area (Å²) in [5.74, 6) is 0.172. The van der Waals surface area contributed by atoms with Crippen molar-refractivity contribution in [2.24, 2.45) is 5.92 Å². The molecular formula is C14H17N3O3S. The quantitative estimate of drug-likeness (QED) is 0.804. The normalized spacial score (nSPS) is 17.7. The van der Waals surface area contributed by atoms with Crippen LogP contribution in [0.1, 0.15) is 30.7 Å². The van der Waals surface area contributed by atoms with E-state index in [-0.39, 0.29) is 18.7 Å². The molecule has 6 nitrogen and oxygen atoms in total. The number of esters is 1. The van der Waals surface area contributed by atoms with Crippen molar-refractivity contribution in [2.75, 3.05) is 6.61 Å². The molecule has 0 saturated carbocycles. The van der Waals surface area contributed by atoms with Gasteiger partial charge in [-0.25, -0.2) is 0 Å². The van der Waals surface area contributed by atoms with Gasteiger partial charge in [-0.15, -0.1) is 16.4 Å². The molecule has 1 aliphatic carbocycles. The van der Waals surface area contributed by atoms with Crippen molar-refractivity contribution in [1.29, 1.82) is 0 Å². The number of fused-ring (bicyclic) bond motifs is 3. The highest BCUT2D eigenvalue weighted by Gasteiger charge is 2.24. The van der Waals surface area contributed by atoms with Gasteiger partial charge in [0.2, 0.25) is 0 Å². The molecule has 0 spiro atoms. The molecular weight excluding hydrogens is 290 g/mol. The van der Waals surface area contributed by atoms with Gasteiger partial charge in [0.1, 0.15) is 6.54 Å². The van der Waals surface area contributed by atoms with Crippen molar-refractivity contribution >= 4 is 27.5 Å². The number of aromatic nitrogens is 3. The van der Waals surface area contributed by atoms with Gasteiger partial charge in [-0.05, 0) is 37.7 Å². The number of aryl methyl sites for hydroxylation is 1. The second kappa shape index (κ2) is 5.55. The van der Waals surface area contributed by atoms with Crippen molar-refractivity contribution in [2.45, 2.75) is 39.7 Å². The molecule has 0 N–H and O–H groups in total. The predicted octanol–water partition coefficient (Wildman–Crippen LogP) is 1.54. The summed E-state index contributed by atoms with van der Waals surface area (Å²) in [6, 6.07) is 0. The molecule has 3 rings (SSSR count). The van der Waals surface area contributed by atoms with Crippen molar-refractivity contribution in [1.82, 2.24) is 15.0 Å². The minimum atomic E-state index is -0.467. The number of carbonyl (C=O) groups excluding carboxylic acids is 1. The summed E-state index contributed by atoms with van der Waals surface area (Å²) in [5, 5.41) is 8.60. The van der Waals surface area contributed by atoms with E-state index >= 15 is 0 Å². The Balaban J connectivity index is 2.04. The molecule has 0 aromatic carbocycles. The lowest BCUT2D eigenvalue weighted by molar-refractivity contribution is -0.144. The Morgan fingerprint density at radius 3 is 3.10 bits per heavy atom. The number of carbonyl (C=O) groups is 1. The summed E-state index contributed by atoms with van der Waals surface area (Å²) in [6.45, 7) is 4.05. The fraction of sp³-hybridized carbons (Fsp3) is 0.571. The van der Waals surface area contributed by atoms with Crippen molar-refractivity contribution in [3.63, 3.8) is 0 Å². The van der Waals surface area contributed by atoms with Crippen LogP contribution in [0, 0.1) is 5.92 Å². The second-order valence-electron chi connectivity index (χ2n) is 5.39. The van der Waals surface area contributed by atoms with Crippen LogP contribution in [0.2, 0.25) is 0 Å². The van der Waals surface area contributed by atoms with E-state index in [1.165, 1.54) is 4.88 Å². The Morgan fingerprint density at radius 2 is 2.33 bits per heavy atom. The lowest BCUT2D eigenvalue weighted by atomic mass is 9.89. The SMILES string of the molecule is CCOC(=O)Cn1nnc2sc3c(c2c1=O)CC[C@@H](C)C3. The number of nitrogens with zero attached hydrogens (tertiary/aromatic N) is 3. The van der Waals surface area contributed by atoms with Gasteiger partial charge in [0, 0.05) is 4.88 Å². The molecule has 1 atom stereocenters. The highest BCUT2D eigenvalue weighted by molar-refractivity contribution is 7.18. The topological polar surface area (TPSA) is 74.1 Å². The highest BCUT2D eigenvalue weighted by Crippen LogP contribution is 2.35. The van der Waals surface area contributed by atoms with Crippen molar-refractivity contribution in [3.8, 4) is 0 Å². The summed E-state index contributed by atoms with van der Waals surface area (Å²) in [5.41, 5.74) is 0.866. The van der Waals surface area contributed by atoms with Crippen LogP contribution in [0.3, 0.4) is 0 Å². The lowest BCUT2D eigenvalue weighted by Gasteiger charge is -2.17. The average Bonchev–Trinajstić information content (AvgIpc) is 2.80. The maximum atomic E-state index is 12.5. The summed E-state index contributed by atoms with van der Waals surface area (Å²) < 4.78 is 5.96. The standard InChI is InChI=1S/C14H17N3O3S/c1-3-20-11(18)7-17-14(19)12-9-5-4-8(2)6-10(9)21-13(12)15-16-17/h8H,3-7H2,1-2H3/t8-/m1/s1. The van der Waals surface area contributed by atoms with E-state index in [4.69, 9.17) is 4.74 Å². The van der Waals surface area contributed by atoms with Gasteiger partial charge in [-0.2, -0.15) is 4.68 Å². The molecule has 2 heterocycles. The van der Waals surface area contributed by atoms with Crippen LogP contribution >= 0.6 is 11.3 Å². The predicted molar refractivity (Wildman–Crippen MR) is 79.5 cm³/mol. The van der Waals surface area contributed by atoms with Crippen LogP contribution < -0.4 is 5.56 Å². The van der Waals surface area contributed by atoms with Crippen LogP contribution in [-0.4, -0.2) is 27.6 Å². The van der Waals surface area contributed by atoms with Crippen molar-refractivity contribution < 1.29 is 9.53 Å². The van der Waals surface area contributed by atoms with E-state index in [2.05, 4.69) is 17.2 Å². The van der Waals surface area contributed by atoms with Crippen LogP contribution in [-0.2, 0) is 28.9 Å². The summed E-state index contributed by atoms with van der Waals surface area (Å²) >= 11 is 1.55. The first kappa shape index (κ1) is 14.2. The van der Waals surface area contributed by atoms with E-state index in [1.807, 2.05) is 0 Å². The first-order valence-electron chi connectivity index (χ1n) is 7.13. The Bertz CT molecular complexity index is 750. The minimum absolute atomic E-state index is 0.184. The van der Waals surface area contributed by atoms with Gasteiger partial charge in [0.05, 0.1) is 12.0 Å². The fourth-order valence-electron chi connectivity index (χ4n) is 2.72. The summed E-state index contributed by atoms with van der Waals surface area (Å²) in [7, 11) is 0. The van der Waals surface area contributed by atoms with Gasteiger partial charge in [0.15, 0.2) is 4.83 Å². The Morgan fingerprint density at radius 1 is 1.52 bits per heavy atom. The lowest BCUT2D eigenvalue weighted by Crippen LogP contribution is -2.29. The first-order valence-corrected chi connectivity index (χ1v) is 7.95. The van der Waals surface area contributed by atoms with Crippen LogP contribution in [0.25, 0.3) is 10.2 Å². The van der Waals surface area contributed by atoms with E-state index in [0.29, 0.717) is 16.1 Å². The largest absolute Gasteiger partial charge is 0.465 e. The third-order valence-electron chi connectivity index (χ3n) is 3.77. The number of thiophene rings is 1. The molecule has 2 aromatic rings. The molecule has 2 aromatic heterocycles. The zero-order valence-corrected chi connectivity index (χ0v) is 12.9. The molecule has 112 valence electrons. The monoisotopic (exact) mass is 307 g/mol. The second-order valence-corrected chi connectivity index (χ2v) is 6.47. The highest BCUT2D eigenvalue weighted by atomic mass is 32.1. The van der Waals surface area contributed by atoms with Gasteiger partial charge < -0.3 is 4.74 Å². The van der Waals surface area contributed by atoms with Gasteiger partial charge in [-0.1, -0.05) is 12.1 Å². The minimum Gasteiger partial charge on any atom is -0.465 e. The van der Waals surface area contributed by atoms with E-state index in [1.54, 1.807) is 18.3 Å². The fourth-order valence-corrected chi connectivity index (χ4v) is 4.04. The van der Waals surface area contributed by atoms with Crippen molar-refractivity contribution in [3.05, 3.63) is 20.8 Å². The first-order chi connectivity index (χ1) is 10.1. The Kier molecular flexibility index (Phi) is 3.75. The summed E-state index contributed by atoms with van der Waals surface area (Å²) in [6.07, 6.45) is 2.98. The molecule has 0 saturated heterocycles.